The normalized spacial score (nSPS) is 10.7. The molecule has 0 atom stereocenters. The van der Waals surface area contributed by atoms with Crippen LogP contribution in [0.3, 0.4) is 0 Å². The van der Waals surface area contributed by atoms with Crippen LogP contribution < -0.4 is 5.73 Å². The molecule has 94 valence electrons. The number of hydrogen-bond acceptors (Lipinski definition) is 2. The summed E-state index contributed by atoms with van der Waals surface area (Å²) < 4.78 is 0. The van der Waals surface area contributed by atoms with E-state index in [-0.39, 0.29) is 0 Å². The number of rotatable bonds is 2. The van der Waals surface area contributed by atoms with Crippen LogP contribution >= 0.6 is 11.8 Å². The van der Waals surface area contributed by atoms with Crippen LogP contribution in [0, 0.1) is 27.7 Å². The van der Waals surface area contributed by atoms with Gasteiger partial charge in [-0.25, -0.2) is 0 Å². The molecule has 2 N–H and O–H groups in total. The molecule has 18 heavy (non-hydrogen) atoms. The molecule has 0 aliphatic carbocycles. The molecule has 2 aromatic carbocycles. The topological polar surface area (TPSA) is 26.0 Å². The summed E-state index contributed by atoms with van der Waals surface area (Å²) in [7, 11) is 0. The molecule has 2 aromatic rings. The molecule has 0 fully saturated rings. The third kappa shape index (κ3) is 2.70. The zero-order valence-corrected chi connectivity index (χ0v) is 12.2. The van der Waals surface area contributed by atoms with Crippen LogP contribution in [0.1, 0.15) is 22.3 Å². The lowest BCUT2D eigenvalue weighted by Crippen LogP contribution is -1.92. The van der Waals surface area contributed by atoms with Gasteiger partial charge in [0.15, 0.2) is 0 Å². The molecular formula is C16H19NS. The van der Waals surface area contributed by atoms with Crippen LogP contribution in [0.15, 0.2) is 40.1 Å². The van der Waals surface area contributed by atoms with Gasteiger partial charge in [0.2, 0.25) is 0 Å². The summed E-state index contributed by atoms with van der Waals surface area (Å²) in [4.78, 5) is 2.42. The Bertz CT molecular complexity index is 588. The van der Waals surface area contributed by atoms with Gasteiger partial charge in [0, 0.05) is 15.5 Å². The number of nitrogens with two attached hydrogens (primary N) is 1. The van der Waals surface area contributed by atoms with E-state index < -0.39 is 0 Å². The number of hydrogen-bond donors (Lipinski definition) is 1. The smallest absolute Gasteiger partial charge is 0.0458 e. The predicted molar refractivity (Wildman–Crippen MR) is 80.4 cm³/mol. The standard InChI is InChI=1S/C16H19NS/c1-10-5-6-15(13(4)7-10)18-16-9-12(3)11(2)8-14(16)17/h5-9H,17H2,1-4H3. The van der Waals surface area contributed by atoms with Crippen LogP contribution in [-0.2, 0) is 0 Å². The molecule has 0 radical (unpaired) electrons. The Morgan fingerprint density at radius 1 is 0.778 bits per heavy atom. The Kier molecular flexibility index (Phi) is 3.67. The first kappa shape index (κ1) is 13.0. The van der Waals surface area contributed by atoms with Crippen molar-refractivity contribution in [2.45, 2.75) is 37.5 Å². The van der Waals surface area contributed by atoms with Crippen LogP contribution in [0.25, 0.3) is 0 Å². The molecule has 0 aliphatic heterocycles. The number of aryl methyl sites for hydroxylation is 4. The van der Waals surface area contributed by atoms with E-state index in [2.05, 4.69) is 58.0 Å². The molecule has 2 rings (SSSR count). The monoisotopic (exact) mass is 257 g/mol. The third-order valence-corrected chi connectivity index (χ3v) is 4.43. The van der Waals surface area contributed by atoms with Gasteiger partial charge in [0.25, 0.3) is 0 Å². The fraction of sp³-hybridized carbons (Fsp3) is 0.250. The summed E-state index contributed by atoms with van der Waals surface area (Å²) in [5.74, 6) is 0. The van der Waals surface area contributed by atoms with Crippen LogP contribution in [0.4, 0.5) is 5.69 Å². The minimum absolute atomic E-state index is 0.864. The van der Waals surface area contributed by atoms with E-state index in [4.69, 9.17) is 5.73 Å². The first-order valence-electron chi connectivity index (χ1n) is 6.09. The van der Waals surface area contributed by atoms with Crippen molar-refractivity contribution in [2.75, 3.05) is 5.73 Å². The SMILES string of the molecule is Cc1ccc(Sc2cc(C)c(C)cc2N)c(C)c1. The number of anilines is 1. The van der Waals surface area contributed by atoms with E-state index in [9.17, 15) is 0 Å². The molecule has 0 bridgehead atoms. The molecule has 0 saturated heterocycles. The van der Waals surface area contributed by atoms with Crippen molar-refractivity contribution < 1.29 is 0 Å². The third-order valence-electron chi connectivity index (χ3n) is 3.18. The first-order valence-corrected chi connectivity index (χ1v) is 6.91. The highest BCUT2D eigenvalue weighted by Gasteiger charge is 2.06. The molecule has 2 heteroatoms. The highest BCUT2D eigenvalue weighted by atomic mass is 32.2. The summed E-state index contributed by atoms with van der Waals surface area (Å²) in [6, 6.07) is 10.8. The molecular weight excluding hydrogens is 238 g/mol. The molecule has 0 saturated carbocycles. The van der Waals surface area contributed by atoms with E-state index >= 15 is 0 Å². The maximum atomic E-state index is 6.10. The largest absolute Gasteiger partial charge is 0.398 e. The summed E-state index contributed by atoms with van der Waals surface area (Å²) in [5.41, 5.74) is 12.1. The molecule has 0 spiro atoms. The van der Waals surface area contributed by atoms with Crippen LogP contribution in [0.2, 0.25) is 0 Å². The molecule has 0 unspecified atom stereocenters. The molecule has 0 aliphatic rings. The van der Waals surface area contributed by atoms with E-state index in [0.717, 1.165) is 10.6 Å². The molecule has 0 aromatic heterocycles. The second-order valence-electron chi connectivity index (χ2n) is 4.85. The van der Waals surface area contributed by atoms with E-state index in [1.54, 1.807) is 11.8 Å². The molecule has 0 amide bonds. The summed E-state index contributed by atoms with van der Waals surface area (Å²) in [6.07, 6.45) is 0. The second kappa shape index (κ2) is 5.07. The quantitative estimate of drug-likeness (QED) is 0.792. The summed E-state index contributed by atoms with van der Waals surface area (Å²) in [6.45, 7) is 8.48. The highest BCUT2D eigenvalue weighted by molar-refractivity contribution is 7.99. The van der Waals surface area contributed by atoms with Crippen molar-refractivity contribution in [3.63, 3.8) is 0 Å². The average molecular weight is 257 g/mol. The van der Waals surface area contributed by atoms with E-state index in [1.807, 2.05) is 0 Å². The van der Waals surface area contributed by atoms with Gasteiger partial charge in [-0.1, -0.05) is 29.5 Å². The van der Waals surface area contributed by atoms with Gasteiger partial charge in [-0.3, -0.25) is 0 Å². The Hall–Kier alpha value is -1.41. The van der Waals surface area contributed by atoms with Gasteiger partial charge < -0.3 is 5.73 Å². The first-order chi connectivity index (χ1) is 8.47. The molecule has 0 heterocycles. The highest BCUT2D eigenvalue weighted by Crippen LogP contribution is 2.35. The van der Waals surface area contributed by atoms with Gasteiger partial charge >= 0.3 is 0 Å². The predicted octanol–water partition coefficient (Wildman–Crippen LogP) is 4.65. The maximum absolute atomic E-state index is 6.10. The van der Waals surface area contributed by atoms with Gasteiger partial charge in [0.1, 0.15) is 0 Å². The summed E-state index contributed by atoms with van der Waals surface area (Å²) >= 11 is 1.75. The zero-order valence-electron chi connectivity index (χ0n) is 11.4. The summed E-state index contributed by atoms with van der Waals surface area (Å²) in [5, 5.41) is 0. The zero-order chi connectivity index (χ0) is 13.3. The van der Waals surface area contributed by atoms with Crippen molar-refractivity contribution >= 4 is 17.4 Å². The van der Waals surface area contributed by atoms with Crippen molar-refractivity contribution in [1.29, 1.82) is 0 Å². The Balaban J connectivity index is 2.37. The van der Waals surface area contributed by atoms with E-state index in [1.165, 1.54) is 27.1 Å². The van der Waals surface area contributed by atoms with Crippen LogP contribution in [-0.4, -0.2) is 0 Å². The minimum Gasteiger partial charge on any atom is -0.398 e. The Labute approximate surface area is 113 Å². The van der Waals surface area contributed by atoms with Crippen molar-refractivity contribution in [3.05, 3.63) is 52.6 Å². The fourth-order valence-electron chi connectivity index (χ4n) is 1.93. The van der Waals surface area contributed by atoms with Gasteiger partial charge in [-0.05, 0) is 62.6 Å². The lowest BCUT2D eigenvalue weighted by molar-refractivity contribution is 1.24. The van der Waals surface area contributed by atoms with E-state index in [0.29, 0.717) is 0 Å². The second-order valence-corrected chi connectivity index (χ2v) is 5.93. The fourth-order valence-corrected chi connectivity index (χ4v) is 2.94. The average Bonchev–Trinajstić information content (AvgIpc) is 2.29. The maximum Gasteiger partial charge on any atom is 0.0458 e. The van der Waals surface area contributed by atoms with Gasteiger partial charge in [-0.15, -0.1) is 0 Å². The molecule has 1 nitrogen and oxygen atoms in total. The van der Waals surface area contributed by atoms with Gasteiger partial charge in [-0.2, -0.15) is 0 Å². The lowest BCUT2D eigenvalue weighted by Gasteiger charge is -2.11. The minimum atomic E-state index is 0.864. The van der Waals surface area contributed by atoms with Crippen LogP contribution in [0.5, 0.6) is 0 Å². The Morgan fingerprint density at radius 3 is 2.11 bits per heavy atom. The number of benzene rings is 2. The van der Waals surface area contributed by atoms with Gasteiger partial charge in [0.05, 0.1) is 0 Å². The van der Waals surface area contributed by atoms with Crippen molar-refractivity contribution in [2.24, 2.45) is 0 Å². The number of nitrogen functional groups attached to an aromatic ring is 1. The van der Waals surface area contributed by atoms with Crippen molar-refractivity contribution in [1.82, 2.24) is 0 Å². The Morgan fingerprint density at radius 2 is 1.44 bits per heavy atom. The lowest BCUT2D eigenvalue weighted by atomic mass is 10.1. The van der Waals surface area contributed by atoms with Crippen molar-refractivity contribution in [3.8, 4) is 0 Å².